The summed E-state index contributed by atoms with van der Waals surface area (Å²) >= 11 is 0. The summed E-state index contributed by atoms with van der Waals surface area (Å²) in [6, 6.07) is 5.69. The fourth-order valence-corrected chi connectivity index (χ4v) is 1.88. The summed E-state index contributed by atoms with van der Waals surface area (Å²) in [5.74, 6) is 1.58. The van der Waals surface area contributed by atoms with Crippen molar-refractivity contribution in [3.63, 3.8) is 0 Å². The van der Waals surface area contributed by atoms with Gasteiger partial charge in [-0.25, -0.2) is 0 Å². The number of H-pyrrole nitrogens is 1. The first kappa shape index (κ1) is 12.4. The molecule has 2 aromatic rings. The lowest BCUT2D eigenvalue weighted by molar-refractivity contribution is 0.404. The van der Waals surface area contributed by atoms with E-state index in [2.05, 4.69) is 15.5 Å². The zero-order valence-electron chi connectivity index (χ0n) is 10.8. The SMILES string of the molecule is CNCc1cn[nH]c1-c1cc(OC)ccc1OC. The maximum absolute atomic E-state index is 5.38. The Bertz CT molecular complexity index is 523. The molecule has 0 spiro atoms. The molecule has 0 unspecified atom stereocenters. The topological polar surface area (TPSA) is 59.2 Å². The van der Waals surface area contributed by atoms with Gasteiger partial charge in [0.2, 0.25) is 0 Å². The van der Waals surface area contributed by atoms with Crippen LogP contribution in [0.25, 0.3) is 11.3 Å². The molecule has 0 saturated carbocycles. The Balaban J connectivity index is 2.50. The maximum Gasteiger partial charge on any atom is 0.128 e. The number of nitrogens with zero attached hydrogens (tertiary/aromatic N) is 1. The number of hydrogen-bond donors (Lipinski definition) is 2. The summed E-state index contributed by atoms with van der Waals surface area (Å²) in [6.07, 6.45) is 1.81. The Morgan fingerprint density at radius 1 is 1.28 bits per heavy atom. The number of rotatable bonds is 5. The van der Waals surface area contributed by atoms with Crippen LogP contribution in [0.4, 0.5) is 0 Å². The summed E-state index contributed by atoms with van der Waals surface area (Å²) < 4.78 is 10.6. The predicted octanol–water partition coefficient (Wildman–Crippen LogP) is 1.81. The van der Waals surface area contributed by atoms with Gasteiger partial charge >= 0.3 is 0 Å². The van der Waals surface area contributed by atoms with E-state index >= 15 is 0 Å². The van der Waals surface area contributed by atoms with Gasteiger partial charge in [-0.2, -0.15) is 5.10 Å². The van der Waals surface area contributed by atoms with Crippen molar-refractivity contribution in [1.29, 1.82) is 0 Å². The third-order valence-electron chi connectivity index (χ3n) is 2.76. The van der Waals surface area contributed by atoms with Crippen LogP contribution < -0.4 is 14.8 Å². The quantitative estimate of drug-likeness (QED) is 0.846. The molecule has 1 aromatic carbocycles. The van der Waals surface area contributed by atoms with Crippen molar-refractivity contribution in [3.8, 4) is 22.8 Å². The van der Waals surface area contributed by atoms with Crippen LogP contribution in [0.15, 0.2) is 24.4 Å². The molecule has 0 bridgehead atoms. The van der Waals surface area contributed by atoms with Gasteiger partial charge in [-0.1, -0.05) is 0 Å². The highest BCUT2D eigenvalue weighted by Gasteiger charge is 2.13. The zero-order valence-corrected chi connectivity index (χ0v) is 10.8. The molecule has 1 heterocycles. The van der Waals surface area contributed by atoms with Crippen molar-refractivity contribution >= 4 is 0 Å². The molecule has 0 radical (unpaired) electrons. The van der Waals surface area contributed by atoms with E-state index in [0.29, 0.717) is 0 Å². The van der Waals surface area contributed by atoms with E-state index in [0.717, 1.165) is 34.9 Å². The molecule has 1 aromatic heterocycles. The third kappa shape index (κ3) is 2.31. The average Bonchev–Trinajstić information content (AvgIpc) is 2.86. The Morgan fingerprint density at radius 2 is 2.11 bits per heavy atom. The minimum absolute atomic E-state index is 0.742. The molecule has 2 N–H and O–H groups in total. The van der Waals surface area contributed by atoms with Gasteiger partial charge in [0.1, 0.15) is 11.5 Å². The highest BCUT2D eigenvalue weighted by Crippen LogP contribution is 2.33. The van der Waals surface area contributed by atoms with Gasteiger partial charge in [0.15, 0.2) is 0 Å². The number of nitrogens with one attached hydrogen (secondary N) is 2. The second kappa shape index (κ2) is 5.55. The summed E-state index contributed by atoms with van der Waals surface area (Å²) in [7, 11) is 5.20. The Hall–Kier alpha value is -2.01. The van der Waals surface area contributed by atoms with Gasteiger partial charge < -0.3 is 14.8 Å². The molecular weight excluding hydrogens is 230 g/mol. The van der Waals surface area contributed by atoms with Crippen LogP contribution >= 0.6 is 0 Å². The summed E-state index contributed by atoms with van der Waals surface area (Å²) in [4.78, 5) is 0. The summed E-state index contributed by atoms with van der Waals surface area (Å²) in [5.41, 5.74) is 2.98. The molecule has 0 atom stereocenters. The number of aromatic amines is 1. The lowest BCUT2D eigenvalue weighted by atomic mass is 10.1. The smallest absolute Gasteiger partial charge is 0.128 e. The lowest BCUT2D eigenvalue weighted by Gasteiger charge is -2.10. The number of methoxy groups -OCH3 is 2. The first-order valence-corrected chi connectivity index (χ1v) is 5.69. The van der Waals surface area contributed by atoms with E-state index in [9.17, 15) is 0 Å². The molecule has 0 aliphatic heterocycles. The molecule has 0 fully saturated rings. The minimum Gasteiger partial charge on any atom is -0.497 e. The van der Waals surface area contributed by atoms with E-state index in [1.54, 1.807) is 14.2 Å². The van der Waals surface area contributed by atoms with Crippen LogP contribution in [-0.4, -0.2) is 31.5 Å². The zero-order chi connectivity index (χ0) is 13.0. The number of benzene rings is 1. The molecule has 0 amide bonds. The molecule has 0 saturated heterocycles. The van der Waals surface area contributed by atoms with Crippen molar-refractivity contribution in [2.45, 2.75) is 6.54 Å². The van der Waals surface area contributed by atoms with Crippen molar-refractivity contribution in [3.05, 3.63) is 30.0 Å². The second-order valence-corrected chi connectivity index (χ2v) is 3.87. The van der Waals surface area contributed by atoms with Crippen molar-refractivity contribution < 1.29 is 9.47 Å². The number of hydrogen-bond acceptors (Lipinski definition) is 4. The van der Waals surface area contributed by atoms with Crippen molar-refractivity contribution in [2.75, 3.05) is 21.3 Å². The average molecular weight is 247 g/mol. The first-order chi connectivity index (χ1) is 8.80. The standard InChI is InChI=1S/C13H17N3O2/c1-14-7-9-8-15-16-13(9)11-6-10(17-2)4-5-12(11)18-3/h4-6,8,14H,7H2,1-3H3,(H,15,16). The van der Waals surface area contributed by atoms with Crippen LogP contribution in [0.1, 0.15) is 5.56 Å². The van der Waals surface area contributed by atoms with E-state index in [-0.39, 0.29) is 0 Å². The van der Waals surface area contributed by atoms with Gasteiger partial charge in [-0.15, -0.1) is 0 Å². The minimum atomic E-state index is 0.742. The first-order valence-electron chi connectivity index (χ1n) is 5.69. The van der Waals surface area contributed by atoms with E-state index in [1.807, 2.05) is 31.4 Å². The molecule has 5 nitrogen and oxygen atoms in total. The Labute approximate surface area is 106 Å². The third-order valence-corrected chi connectivity index (χ3v) is 2.76. The Kier molecular flexibility index (Phi) is 3.84. The largest absolute Gasteiger partial charge is 0.497 e. The molecule has 0 aliphatic rings. The van der Waals surface area contributed by atoms with E-state index in [1.165, 1.54) is 0 Å². The van der Waals surface area contributed by atoms with Gasteiger partial charge in [-0.3, -0.25) is 5.10 Å². The van der Waals surface area contributed by atoms with Crippen LogP contribution in [0, 0.1) is 0 Å². The molecule has 96 valence electrons. The Morgan fingerprint density at radius 3 is 2.78 bits per heavy atom. The van der Waals surface area contributed by atoms with Gasteiger partial charge in [-0.05, 0) is 25.2 Å². The van der Waals surface area contributed by atoms with E-state index < -0.39 is 0 Å². The van der Waals surface area contributed by atoms with Gasteiger partial charge in [0, 0.05) is 17.7 Å². The van der Waals surface area contributed by atoms with E-state index in [4.69, 9.17) is 9.47 Å². The summed E-state index contributed by atoms with van der Waals surface area (Å²) in [6.45, 7) is 0.742. The highest BCUT2D eigenvalue weighted by molar-refractivity contribution is 5.71. The second-order valence-electron chi connectivity index (χ2n) is 3.87. The molecular formula is C13H17N3O2. The predicted molar refractivity (Wildman–Crippen MR) is 69.9 cm³/mol. The van der Waals surface area contributed by atoms with Crippen LogP contribution in [0.3, 0.4) is 0 Å². The molecule has 5 heteroatoms. The number of aromatic nitrogens is 2. The number of ether oxygens (including phenoxy) is 2. The van der Waals surface area contributed by atoms with Crippen LogP contribution in [0.2, 0.25) is 0 Å². The molecule has 2 rings (SSSR count). The van der Waals surface area contributed by atoms with Crippen molar-refractivity contribution in [1.82, 2.24) is 15.5 Å². The fourth-order valence-electron chi connectivity index (χ4n) is 1.88. The lowest BCUT2D eigenvalue weighted by Crippen LogP contribution is -2.05. The van der Waals surface area contributed by atoms with Gasteiger partial charge in [0.25, 0.3) is 0 Å². The normalized spacial score (nSPS) is 10.4. The van der Waals surface area contributed by atoms with Crippen LogP contribution in [-0.2, 0) is 6.54 Å². The van der Waals surface area contributed by atoms with Crippen LogP contribution in [0.5, 0.6) is 11.5 Å². The van der Waals surface area contributed by atoms with Gasteiger partial charge in [0.05, 0.1) is 26.1 Å². The monoisotopic (exact) mass is 247 g/mol. The maximum atomic E-state index is 5.38. The molecule has 18 heavy (non-hydrogen) atoms. The molecule has 0 aliphatic carbocycles. The van der Waals surface area contributed by atoms with Crippen molar-refractivity contribution in [2.24, 2.45) is 0 Å². The highest BCUT2D eigenvalue weighted by atomic mass is 16.5. The summed E-state index contributed by atoms with van der Waals surface area (Å²) in [5, 5.41) is 10.2. The fraction of sp³-hybridized carbons (Fsp3) is 0.308.